The minimum absolute atomic E-state index is 0.748. The van der Waals surface area contributed by atoms with Gasteiger partial charge in [-0.1, -0.05) is 24.3 Å². The highest BCUT2D eigenvalue weighted by atomic mass is 32.3. The lowest BCUT2D eigenvalue weighted by atomic mass is 10.3. The lowest BCUT2D eigenvalue weighted by Gasteiger charge is -2.41. The quantitative estimate of drug-likeness (QED) is 0.688. The van der Waals surface area contributed by atoms with Crippen LogP contribution in [0, 0.1) is 0 Å². The van der Waals surface area contributed by atoms with Crippen molar-refractivity contribution in [1.29, 1.82) is 0 Å². The number of rotatable bonds is 4. The van der Waals surface area contributed by atoms with Crippen LogP contribution in [0.25, 0.3) is 0 Å². The van der Waals surface area contributed by atoms with Gasteiger partial charge in [0.1, 0.15) is 0 Å². The summed E-state index contributed by atoms with van der Waals surface area (Å²) >= 11 is 0. The third-order valence-corrected chi connectivity index (χ3v) is 5.13. The third-order valence-electron chi connectivity index (χ3n) is 2.39. The Morgan fingerprint density at radius 1 is 1.29 bits per heavy atom. The first kappa shape index (κ1) is 11.2. The molecule has 0 fully saturated rings. The number of para-hydroxylation sites is 1. The summed E-state index contributed by atoms with van der Waals surface area (Å²) in [4.78, 5) is 0. The smallest absolute Gasteiger partial charge is 0.0450 e. The first-order valence-electron chi connectivity index (χ1n) is 4.69. The number of hydrogen-bond acceptors (Lipinski definition) is 1. The topological polar surface area (TPSA) is 3.24 Å². The van der Waals surface area contributed by atoms with Crippen molar-refractivity contribution < 1.29 is 0 Å². The van der Waals surface area contributed by atoms with Gasteiger partial charge in [-0.15, -0.1) is 6.58 Å². The van der Waals surface area contributed by atoms with Gasteiger partial charge in [0.15, 0.2) is 0 Å². The summed E-state index contributed by atoms with van der Waals surface area (Å²) in [5, 5.41) is 0. The average Bonchev–Trinajstić information content (AvgIpc) is 2.18. The van der Waals surface area contributed by atoms with E-state index in [0.717, 1.165) is 5.75 Å². The fourth-order valence-electron chi connectivity index (χ4n) is 1.32. The Hall–Kier alpha value is -0.890. The van der Waals surface area contributed by atoms with E-state index in [4.69, 9.17) is 0 Å². The molecule has 0 atom stereocenters. The van der Waals surface area contributed by atoms with E-state index in [2.05, 4.69) is 54.7 Å². The van der Waals surface area contributed by atoms with E-state index in [0.29, 0.717) is 0 Å². The monoisotopic (exact) mass is 209 g/mol. The third kappa shape index (κ3) is 2.55. The van der Waals surface area contributed by atoms with Crippen molar-refractivity contribution in [2.24, 2.45) is 0 Å². The van der Waals surface area contributed by atoms with Crippen LogP contribution in [0.4, 0.5) is 5.69 Å². The average molecular weight is 209 g/mol. The fraction of sp³-hybridized carbons (Fsp3) is 0.333. The number of hydrogen-bond donors (Lipinski definition) is 0. The molecule has 2 heteroatoms. The van der Waals surface area contributed by atoms with Crippen LogP contribution in [0.3, 0.4) is 0 Å². The summed E-state index contributed by atoms with van der Waals surface area (Å²) in [5.74, 6) is 1.07. The molecule has 0 heterocycles. The van der Waals surface area contributed by atoms with Gasteiger partial charge in [-0.3, -0.25) is 0 Å². The molecular weight excluding hydrogens is 190 g/mol. The van der Waals surface area contributed by atoms with E-state index in [9.17, 15) is 0 Å². The highest BCUT2D eigenvalue weighted by molar-refractivity contribution is 8.33. The van der Waals surface area contributed by atoms with E-state index in [1.54, 1.807) is 0 Å². The molecule has 0 saturated heterocycles. The van der Waals surface area contributed by atoms with Gasteiger partial charge in [-0.25, -0.2) is 0 Å². The molecule has 14 heavy (non-hydrogen) atoms. The molecule has 0 unspecified atom stereocenters. The first-order chi connectivity index (χ1) is 6.58. The Labute approximate surface area is 88.9 Å². The number of benzene rings is 1. The second-order valence-electron chi connectivity index (χ2n) is 3.77. The van der Waals surface area contributed by atoms with Crippen LogP contribution in [0.1, 0.15) is 0 Å². The highest BCUT2D eigenvalue weighted by Crippen LogP contribution is 2.45. The molecule has 1 aromatic carbocycles. The van der Waals surface area contributed by atoms with Crippen molar-refractivity contribution in [3.8, 4) is 0 Å². The van der Waals surface area contributed by atoms with Gasteiger partial charge in [-0.05, 0) is 24.6 Å². The van der Waals surface area contributed by atoms with Gasteiger partial charge >= 0.3 is 0 Å². The van der Waals surface area contributed by atoms with Crippen LogP contribution >= 0.6 is 10.2 Å². The zero-order valence-corrected chi connectivity index (χ0v) is 10.1. The lowest BCUT2D eigenvalue weighted by Crippen LogP contribution is -2.23. The van der Waals surface area contributed by atoms with E-state index >= 15 is 0 Å². The minimum Gasteiger partial charge on any atom is -0.337 e. The second-order valence-corrected chi connectivity index (χ2v) is 7.61. The van der Waals surface area contributed by atoms with Crippen molar-refractivity contribution >= 4 is 15.9 Å². The summed E-state index contributed by atoms with van der Waals surface area (Å²) in [5.41, 5.74) is 1.29. The Balaban J connectivity index is 2.84. The Morgan fingerprint density at radius 2 is 1.86 bits per heavy atom. The zero-order chi connectivity index (χ0) is 10.6. The maximum absolute atomic E-state index is 3.82. The van der Waals surface area contributed by atoms with Gasteiger partial charge in [0, 0.05) is 18.5 Å². The summed E-state index contributed by atoms with van der Waals surface area (Å²) in [6, 6.07) is 10.5. The standard InChI is InChI=1S/C12H19NS/c1-5-11-14(3,4)13(2)12-9-7-6-8-10-12/h5-10H,1,11H2,2-4H3. The summed E-state index contributed by atoms with van der Waals surface area (Å²) in [6.45, 7) is 3.82. The first-order valence-corrected chi connectivity index (χ1v) is 7.26. The van der Waals surface area contributed by atoms with Gasteiger partial charge < -0.3 is 4.31 Å². The summed E-state index contributed by atoms with van der Waals surface area (Å²) in [7, 11) is 1.41. The van der Waals surface area contributed by atoms with E-state index in [1.807, 2.05) is 12.1 Å². The molecule has 0 aromatic heterocycles. The Kier molecular flexibility index (Phi) is 3.64. The molecule has 0 aliphatic heterocycles. The maximum Gasteiger partial charge on any atom is 0.0450 e. The molecule has 0 amide bonds. The van der Waals surface area contributed by atoms with Crippen molar-refractivity contribution in [2.75, 3.05) is 29.6 Å². The fourth-order valence-corrected chi connectivity index (χ4v) is 2.82. The Morgan fingerprint density at radius 3 is 2.36 bits per heavy atom. The second kappa shape index (κ2) is 4.56. The van der Waals surface area contributed by atoms with E-state index in [1.165, 1.54) is 5.69 Å². The van der Waals surface area contributed by atoms with Gasteiger partial charge in [0.25, 0.3) is 0 Å². The molecular formula is C12H19NS. The zero-order valence-electron chi connectivity index (χ0n) is 9.23. The predicted molar refractivity (Wildman–Crippen MR) is 69.3 cm³/mol. The van der Waals surface area contributed by atoms with Gasteiger partial charge in [-0.2, -0.15) is 10.2 Å². The normalized spacial score (nSPS) is 12.2. The molecule has 0 radical (unpaired) electrons. The minimum atomic E-state index is -0.748. The molecule has 0 aliphatic carbocycles. The molecule has 0 aliphatic rings. The molecule has 0 bridgehead atoms. The SMILES string of the molecule is C=CCS(C)(C)N(C)c1ccccc1. The molecule has 1 nitrogen and oxygen atoms in total. The highest BCUT2D eigenvalue weighted by Gasteiger charge is 2.15. The van der Waals surface area contributed by atoms with Gasteiger partial charge in [0.2, 0.25) is 0 Å². The molecule has 0 saturated carbocycles. The van der Waals surface area contributed by atoms with E-state index in [-0.39, 0.29) is 0 Å². The summed E-state index contributed by atoms with van der Waals surface area (Å²) in [6.07, 6.45) is 6.62. The molecule has 0 spiro atoms. The van der Waals surface area contributed by atoms with Crippen molar-refractivity contribution in [1.82, 2.24) is 0 Å². The van der Waals surface area contributed by atoms with Gasteiger partial charge in [0.05, 0.1) is 0 Å². The van der Waals surface area contributed by atoms with Crippen LogP contribution < -0.4 is 4.31 Å². The summed E-state index contributed by atoms with van der Waals surface area (Å²) < 4.78 is 2.37. The molecule has 78 valence electrons. The maximum atomic E-state index is 3.82. The predicted octanol–water partition coefficient (Wildman–Crippen LogP) is 3.29. The molecule has 1 rings (SSSR count). The van der Waals surface area contributed by atoms with Crippen LogP contribution in [0.5, 0.6) is 0 Å². The van der Waals surface area contributed by atoms with Crippen LogP contribution in [0.2, 0.25) is 0 Å². The largest absolute Gasteiger partial charge is 0.337 e. The molecule has 0 N–H and O–H groups in total. The van der Waals surface area contributed by atoms with Crippen molar-refractivity contribution in [3.05, 3.63) is 43.0 Å². The van der Waals surface area contributed by atoms with Crippen LogP contribution in [-0.4, -0.2) is 25.3 Å². The van der Waals surface area contributed by atoms with Crippen LogP contribution in [0.15, 0.2) is 43.0 Å². The van der Waals surface area contributed by atoms with Crippen molar-refractivity contribution in [2.45, 2.75) is 0 Å². The van der Waals surface area contributed by atoms with E-state index < -0.39 is 10.2 Å². The molecule has 1 aromatic rings. The van der Waals surface area contributed by atoms with Crippen LogP contribution in [-0.2, 0) is 0 Å². The lowest BCUT2D eigenvalue weighted by molar-refractivity contribution is 1.32. The number of nitrogens with zero attached hydrogens (tertiary/aromatic N) is 1. The van der Waals surface area contributed by atoms with Crippen molar-refractivity contribution in [3.63, 3.8) is 0 Å². The number of anilines is 1. The Bertz CT molecular complexity index is 292.